The molecule has 0 saturated heterocycles. The molecule has 0 saturated carbocycles. The number of phenolic OH excluding ortho intramolecular Hbond substituents is 1. The molecule has 6 heteroatoms. The van der Waals surface area contributed by atoms with E-state index in [0.717, 1.165) is 0 Å². The number of nitrogens with one attached hydrogen (secondary N) is 1. The third kappa shape index (κ3) is 1.72. The molecule has 2 aromatic rings. The Bertz CT molecular complexity index is 629. The number of ether oxygens (including phenoxy) is 1. The first kappa shape index (κ1) is 12.1. The Balaban J connectivity index is 2.73. The van der Waals surface area contributed by atoms with Gasteiger partial charge in [-0.1, -0.05) is 0 Å². The van der Waals surface area contributed by atoms with Gasteiger partial charge in [0.05, 0.1) is 24.8 Å². The molecule has 0 aliphatic rings. The number of carbonyl (C=O) groups excluding carboxylic acids is 2. The minimum absolute atomic E-state index is 0.0143. The number of aromatic amines is 1. The molecule has 1 aromatic heterocycles. The van der Waals surface area contributed by atoms with Crippen molar-refractivity contribution in [1.82, 2.24) is 4.98 Å². The van der Waals surface area contributed by atoms with Crippen LogP contribution in [0.25, 0.3) is 10.9 Å². The van der Waals surface area contributed by atoms with Crippen molar-refractivity contribution in [3.63, 3.8) is 0 Å². The zero-order valence-corrected chi connectivity index (χ0v) is 9.56. The number of aliphatic hydroxyl groups excluding tert-OH is 1. The molecule has 2 rings (SSSR count). The summed E-state index contributed by atoms with van der Waals surface area (Å²) in [5.74, 6) is -0.846. The first-order valence-electron chi connectivity index (χ1n) is 5.14. The number of phenols is 1. The predicted molar refractivity (Wildman–Crippen MR) is 62.6 cm³/mol. The fourth-order valence-electron chi connectivity index (χ4n) is 1.81. The monoisotopic (exact) mass is 249 g/mol. The highest BCUT2D eigenvalue weighted by Gasteiger charge is 2.16. The van der Waals surface area contributed by atoms with E-state index < -0.39 is 5.97 Å². The maximum Gasteiger partial charge on any atom is 0.354 e. The van der Waals surface area contributed by atoms with Crippen LogP contribution < -0.4 is 0 Å². The minimum atomic E-state index is -0.580. The Morgan fingerprint density at radius 1 is 1.50 bits per heavy atom. The standard InChI is InChI=1S/C12H11NO5/c1-18-12(17)10-3-7-9(13-10)2-6(4-14)8(5-15)11(7)16/h2-3,5,13-14,16H,4H2,1H3. The summed E-state index contributed by atoms with van der Waals surface area (Å²) in [5, 5.41) is 19.4. The number of methoxy groups -OCH3 is 1. The topological polar surface area (TPSA) is 99.6 Å². The van der Waals surface area contributed by atoms with Gasteiger partial charge >= 0.3 is 5.97 Å². The van der Waals surface area contributed by atoms with Gasteiger partial charge in [0.2, 0.25) is 0 Å². The highest BCUT2D eigenvalue weighted by atomic mass is 16.5. The van der Waals surface area contributed by atoms with Crippen molar-refractivity contribution in [2.75, 3.05) is 7.11 Å². The highest BCUT2D eigenvalue weighted by Crippen LogP contribution is 2.31. The Hall–Kier alpha value is -2.34. The molecule has 1 heterocycles. The van der Waals surface area contributed by atoms with Gasteiger partial charge in [-0.2, -0.15) is 0 Å². The summed E-state index contributed by atoms with van der Waals surface area (Å²) in [5.41, 5.74) is 0.908. The zero-order valence-electron chi connectivity index (χ0n) is 9.56. The molecule has 6 nitrogen and oxygen atoms in total. The Kier molecular flexibility index (Phi) is 3.03. The van der Waals surface area contributed by atoms with E-state index in [1.165, 1.54) is 19.2 Å². The highest BCUT2D eigenvalue weighted by molar-refractivity contribution is 6.01. The molecule has 0 bridgehead atoms. The number of aromatic hydroxyl groups is 1. The van der Waals surface area contributed by atoms with Crippen LogP contribution in [0.15, 0.2) is 12.1 Å². The lowest BCUT2D eigenvalue weighted by molar-refractivity contribution is 0.0595. The number of carbonyl (C=O) groups is 2. The van der Waals surface area contributed by atoms with E-state index in [9.17, 15) is 14.7 Å². The number of H-pyrrole nitrogens is 1. The van der Waals surface area contributed by atoms with Gasteiger partial charge in [0.25, 0.3) is 0 Å². The molecule has 0 spiro atoms. The Morgan fingerprint density at radius 2 is 2.22 bits per heavy atom. The number of aliphatic hydroxyl groups is 1. The van der Waals surface area contributed by atoms with Crippen molar-refractivity contribution in [3.8, 4) is 5.75 Å². The number of fused-ring (bicyclic) bond motifs is 1. The molecular formula is C12H11NO5. The van der Waals surface area contributed by atoms with Crippen molar-refractivity contribution < 1.29 is 24.5 Å². The van der Waals surface area contributed by atoms with E-state index in [2.05, 4.69) is 9.72 Å². The minimum Gasteiger partial charge on any atom is -0.506 e. The van der Waals surface area contributed by atoms with Crippen molar-refractivity contribution >= 4 is 23.2 Å². The third-order valence-corrected chi connectivity index (χ3v) is 2.72. The average molecular weight is 249 g/mol. The van der Waals surface area contributed by atoms with Crippen molar-refractivity contribution in [3.05, 3.63) is 29.0 Å². The normalized spacial score (nSPS) is 10.6. The van der Waals surface area contributed by atoms with E-state index in [1.807, 2.05) is 0 Å². The molecule has 18 heavy (non-hydrogen) atoms. The van der Waals surface area contributed by atoms with Gasteiger partial charge < -0.3 is 19.9 Å². The van der Waals surface area contributed by atoms with E-state index in [1.54, 1.807) is 0 Å². The molecule has 94 valence electrons. The molecule has 1 aromatic carbocycles. The zero-order chi connectivity index (χ0) is 13.3. The summed E-state index contributed by atoms with van der Waals surface area (Å²) < 4.78 is 4.55. The summed E-state index contributed by atoms with van der Waals surface area (Å²) in [6.07, 6.45) is 0.463. The molecule has 0 amide bonds. The maximum atomic E-state index is 11.3. The first-order chi connectivity index (χ1) is 8.62. The van der Waals surface area contributed by atoms with E-state index >= 15 is 0 Å². The van der Waals surface area contributed by atoms with Crippen molar-refractivity contribution in [2.45, 2.75) is 6.61 Å². The maximum absolute atomic E-state index is 11.3. The van der Waals surface area contributed by atoms with Gasteiger partial charge in [0, 0.05) is 5.39 Å². The molecule has 0 atom stereocenters. The first-order valence-corrected chi connectivity index (χ1v) is 5.14. The second-order valence-electron chi connectivity index (χ2n) is 3.71. The number of benzene rings is 1. The average Bonchev–Trinajstić information content (AvgIpc) is 2.81. The lowest BCUT2D eigenvalue weighted by Gasteiger charge is -2.04. The van der Waals surface area contributed by atoms with E-state index in [0.29, 0.717) is 17.2 Å². The fourth-order valence-corrected chi connectivity index (χ4v) is 1.81. The lowest BCUT2D eigenvalue weighted by Crippen LogP contribution is -2.00. The van der Waals surface area contributed by atoms with Crippen LogP contribution in [0.4, 0.5) is 0 Å². The smallest absolute Gasteiger partial charge is 0.354 e. The SMILES string of the molecule is COC(=O)c1cc2c(O)c(C=O)c(CO)cc2[nH]1. The summed E-state index contributed by atoms with van der Waals surface area (Å²) in [6, 6.07) is 2.90. The summed E-state index contributed by atoms with van der Waals surface area (Å²) in [7, 11) is 1.24. The van der Waals surface area contributed by atoms with Crippen LogP contribution in [-0.4, -0.2) is 34.6 Å². The number of hydrogen-bond donors (Lipinski definition) is 3. The van der Waals surface area contributed by atoms with Crippen LogP contribution in [0.2, 0.25) is 0 Å². The molecule has 0 aliphatic carbocycles. The van der Waals surface area contributed by atoms with Crippen molar-refractivity contribution in [2.24, 2.45) is 0 Å². The van der Waals surface area contributed by atoms with Gasteiger partial charge in [-0.15, -0.1) is 0 Å². The van der Waals surface area contributed by atoms with Crippen LogP contribution in [0.5, 0.6) is 5.75 Å². The second kappa shape index (κ2) is 4.50. The number of aldehydes is 1. The predicted octanol–water partition coefficient (Wildman–Crippen LogP) is 0.965. The summed E-state index contributed by atoms with van der Waals surface area (Å²) >= 11 is 0. The Morgan fingerprint density at radius 3 is 2.78 bits per heavy atom. The van der Waals surface area contributed by atoms with Crippen LogP contribution in [0, 0.1) is 0 Å². The number of esters is 1. The van der Waals surface area contributed by atoms with E-state index in [-0.39, 0.29) is 29.2 Å². The van der Waals surface area contributed by atoms with Crippen LogP contribution in [0.3, 0.4) is 0 Å². The number of hydrogen-bond acceptors (Lipinski definition) is 5. The Labute approximate surface area is 102 Å². The quantitative estimate of drug-likeness (QED) is 0.556. The summed E-state index contributed by atoms with van der Waals surface area (Å²) in [6.45, 7) is -0.385. The third-order valence-electron chi connectivity index (χ3n) is 2.72. The number of rotatable bonds is 3. The van der Waals surface area contributed by atoms with Gasteiger partial charge in [-0.3, -0.25) is 4.79 Å². The largest absolute Gasteiger partial charge is 0.506 e. The van der Waals surface area contributed by atoms with Gasteiger partial charge in [-0.05, 0) is 17.7 Å². The van der Waals surface area contributed by atoms with Crippen LogP contribution >= 0.6 is 0 Å². The van der Waals surface area contributed by atoms with Crippen LogP contribution in [-0.2, 0) is 11.3 Å². The van der Waals surface area contributed by atoms with Gasteiger partial charge in [0.1, 0.15) is 11.4 Å². The number of aromatic nitrogens is 1. The molecule has 0 fully saturated rings. The lowest BCUT2D eigenvalue weighted by atomic mass is 10.0. The van der Waals surface area contributed by atoms with Crippen molar-refractivity contribution in [1.29, 1.82) is 0 Å². The molecule has 0 radical (unpaired) electrons. The van der Waals surface area contributed by atoms with Crippen LogP contribution in [0.1, 0.15) is 26.4 Å². The summed E-state index contributed by atoms with van der Waals surface area (Å²) in [4.78, 5) is 25.0. The fraction of sp³-hybridized carbons (Fsp3) is 0.167. The van der Waals surface area contributed by atoms with E-state index in [4.69, 9.17) is 5.11 Å². The van der Waals surface area contributed by atoms with Gasteiger partial charge in [-0.25, -0.2) is 4.79 Å². The molecule has 3 N–H and O–H groups in total. The molecule has 0 aliphatic heterocycles. The second-order valence-corrected chi connectivity index (χ2v) is 3.71. The van der Waals surface area contributed by atoms with Gasteiger partial charge in [0.15, 0.2) is 6.29 Å². The molecular weight excluding hydrogens is 238 g/mol. The molecule has 0 unspecified atom stereocenters.